The summed E-state index contributed by atoms with van der Waals surface area (Å²) in [6.45, 7) is 7.62. The van der Waals surface area contributed by atoms with E-state index in [-0.39, 0.29) is 23.4 Å². The summed E-state index contributed by atoms with van der Waals surface area (Å²) in [6, 6.07) is 3.73. The number of hydrogen-bond donors (Lipinski definition) is 2. The maximum atomic E-state index is 12.4. The molecule has 0 saturated heterocycles. The van der Waals surface area contributed by atoms with Gasteiger partial charge in [-0.05, 0) is 30.4 Å². The SMILES string of the molecule is CC(C)C[C@@H](C=O)NC(=O)[C@@H](NC(=O)c1ccccn1)C(C)C. The summed E-state index contributed by atoms with van der Waals surface area (Å²) in [5.41, 5.74) is 0.250. The normalized spacial score (nSPS) is 13.5. The molecule has 1 aromatic heterocycles. The van der Waals surface area contributed by atoms with Crippen molar-refractivity contribution in [1.82, 2.24) is 15.6 Å². The molecule has 1 heterocycles. The highest BCUT2D eigenvalue weighted by Crippen LogP contribution is 2.07. The molecule has 2 amide bonds. The van der Waals surface area contributed by atoms with Crippen molar-refractivity contribution in [3.8, 4) is 0 Å². The lowest BCUT2D eigenvalue weighted by Gasteiger charge is -2.24. The number of nitrogens with one attached hydrogen (secondary N) is 2. The summed E-state index contributed by atoms with van der Waals surface area (Å²) in [7, 11) is 0. The van der Waals surface area contributed by atoms with E-state index in [0.29, 0.717) is 6.42 Å². The predicted octanol–water partition coefficient (Wildman–Crippen LogP) is 1.57. The highest BCUT2D eigenvalue weighted by atomic mass is 16.2. The van der Waals surface area contributed by atoms with E-state index in [0.717, 1.165) is 6.29 Å². The van der Waals surface area contributed by atoms with E-state index in [1.165, 1.54) is 6.20 Å². The van der Waals surface area contributed by atoms with Crippen molar-refractivity contribution < 1.29 is 14.4 Å². The van der Waals surface area contributed by atoms with Crippen LogP contribution in [-0.2, 0) is 9.59 Å². The van der Waals surface area contributed by atoms with Gasteiger partial charge in [-0.25, -0.2) is 0 Å². The van der Waals surface area contributed by atoms with Gasteiger partial charge in [-0.1, -0.05) is 33.8 Å². The smallest absolute Gasteiger partial charge is 0.270 e. The molecule has 1 aromatic rings. The average molecular weight is 319 g/mol. The van der Waals surface area contributed by atoms with E-state index >= 15 is 0 Å². The summed E-state index contributed by atoms with van der Waals surface area (Å²) in [5.74, 6) is -0.604. The molecule has 0 spiro atoms. The number of carbonyl (C=O) groups excluding carboxylic acids is 3. The zero-order valence-electron chi connectivity index (χ0n) is 14.1. The lowest BCUT2D eigenvalue weighted by atomic mass is 10.0. The summed E-state index contributed by atoms with van der Waals surface area (Å²) in [5, 5.41) is 5.38. The van der Waals surface area contributed by atoms with Crippen LogP contribution < -0.4 is 10.6 Å². The minimum absolute atomic E-state index is 0.117. The molecule has 2 atom stereocenters. The second-order valence-corrected chi connectivity index (χ2v) is 6.29. The molecule has 0 radical (unpaired) electrons. The number of hydrogen-bond acceptors (Lipinski definition) is 4. The standard InChI is InChI=1S/C17H25N3O3/c1-11(2)9-13(10-21)19-17(23)15(12(3)4)20-16(22)14-7-5-6-8-18-14/h5-8,10-13,15H,9H2,1-4H3,(H,19,23)(H,20,22)/t13-,15-/m0/s1. The first kappa shape index (κ1) is 18.8. The van der Waals surface area contributed by atoms with Crippen LogP contribution >= 0.6 is 0 Å². The fourth-order valence-electron chi connectivity index (χ4n) is 2.18. The lowest BCUT2D eigenvalue weighted by molar-refractivity contribution is -0.126. The molecule has 0 aliphatic rings. The van der Waals surface area contributed by atoms with Crippen LogP contribution in [0.4, 0.5) is 0 Å². The van der Waals surface area contributed by atoms with Gasteiger partial charge in [-0.3, -0.25) is 14.6 Å². The summed E-state index contributed by atoms with van der Waals surface area (Å²) < 4.78 is 0. The highest BCUT2D eigenvalue weighted by Gasteiger charge is 2.26. The van der Waals surface area contributed by atoms with Gasteiger partial charge < -0.3 is 15.4 Å². The van der Waals surface area contributed by atoms with Crippen molar-refractivity contribution in [2.45, 2.75) is 46.2 Å². The van der Waals surface area contributed by atoms with E-state index in [2.05, 4.69) is 15.6 Å². The van der Waals surface area contributed by atoms with Crippen LogP contribution in [-0.4, -0.2) is 35.2 Å². The second-order valence-electron chi connectivity index (χ2n) is 6.29. The number of carbonyl (C=O) groups is 3. The Morgan fingerprint density at radius 1 is 1.17 bits per heavy atom. The fourth-order valence-corrected chi connectivity index (χ4v) is 2.18. The van der Waals surface area contributed by atoms with E-state index in [9.17, 15) is 14.4 Å². The second kappa shape index (κ2) is 9.02. The maximum absolute atomic E-state index is 12.4. The van der Waals surface area contributed by atoms with Crippen LogP contribution in [0.3, 0.4) is 0 Å². The molecular formula is C17H25N3O3. The number of pyridine rings is 1. The van der Waals surface area contributed by atoms with Gasteiger partial charge in [0, 0.05) is 6.20 Å². The average Bonchev–Trinajstić information content (AvgIpc) is 2.51. The maximum Gasteiger partial charge on any atom is 0.270 e. The zero-order valence-corrected chi connectivity index (χ0v) is 14.1. The summed E-state index contributed by atoms with van der Waals surface area (Å²) >= 11 is 0. The largest absolute Gasteiger partial charge is 0.345 e. The van der Waals surface area contributed by atoms with Crippen LogP contribution in [0.25, 0.3) is 0 Å². The molecule has 1 rings (SSSR count). The number of aromatic nitrogens is 1. The van der Waals surface area contributed by atoms with Gasteiger partial charge in [0.1, 0.15) is 18.0 Å². The van der Waals surface area contributed by atoms with Crippen molar-refractivity contribution in [3.63, 3.8) is 0 Å². The van der Waals surface area contributed by atoms with Gasteiger partial charge in [0.15, 0.2) is 0 Å². The third-order valence-corrected chi connectivity index (χ3v) is 3.35. The summed E-state index contributed by atoms with van der Waals surface area (Å²) in [6.07, 6.45) is 2.81. The van der Waals surface area contributed by atoms with Crippen LogP contribution in [0.15, 0.2) is 24.4 Å². The van der Waals surface area contributed by atoms with Crippen molar-refractivity contribution in [2.24, 2.45) is 11.8 Å². The fraction of sp³-hybridized carbons (Fsp3) is 0.529. The first-order chi connectivity index (χ1) is 10.8. The van der Waals surface area contributed by atoms with Gasteiger partial charge in [0.2, 0.25) is 5.91 Å². The molecule has 6 nitrogen and oxygen atoms in total. The summed E-state index contributed by atoms with van der Waals surface area (Å²) in [4.78, 5) is 39.6. The zero-order chi connectivity index (χ0) is 17.4. The Balaban J connectivity index is 2.75. The molecule has 0 aliphatic heterocycles. The predicted molar refractivity (Wildman–Crippen MR) is 87.8 cm³/mol. The van der Waals surface area contributed by atoms with E-state index < -0.39 is 18.0 Å². The molecule has 2 N–H and O–H groups in total. The van der Waals surface area contributed by atoms with Gasteiger partial charge in [-0.15, -0.1) is 0 Å². The Morgan fingerprint density at radius 3 is 2.35 bits per heavy atom. The van der Waals surface area contributed by atoms with Crippen LogP contribution in [0.2, 0.25) is 0 Å². The molecule has 6 heteroatoms. The van der Waals surface area contributed by atoms with E-state index in [1.807, 2.05) is 27.7 Å². The van der Waals surface area contributed by atoms with E-state index in [4.69, 9.17) is 0 Å². The first-order valence-corrected chi connectivity index (χ1v) is 7.82. The Hall–Kier alpha value is -2.24. The van der Waals surface area contributed by atoms with Gasteiger partial charge in [0.05, 0.1) is 6.04 Å². The van der Waals surface area contributed by atoms with Crippen LogP contribution in [0, 0.1) is 11.8 Å². The Morgan fingerprint density at radius 2 is 1.87 bits per heavy atom. The topological polar surface area (TPSA) is 88.2 Å². The molecular weight excluding hydrogens is 294 g/mol. The Labute approximate surface area is 137 Å². The quantitative estimate of drug-likeness (QED) is 0.712. The molecule has 0 bridgehead atoms. The highest BCUT2D eigenvalue weighted by molar-refractivity contribution is 5.96. The van der Waals surface area contributed by atoms with Gasteiger partial charge in [0.25, 0.3) is 5.91 Å². The van der Waals surface area contributed by atoms with Crippen LogP contribution in [0.1, 0.15) is 44.6 Å². The number of nitrogens with zero attached hydrogens (tertiary/aromatic N) is 1. The number of rotatable bonds is 8. The molecule has 0 saturated carbocycles. The molecule has 0 aromatic carbocycles. The molecule has 0 unspecified atom stereocenters. The van der Waals surface area contributed by atoms with Gasteiger partial charge in [-0.2, -0.15) is 0 Å². The number of amides is 2. The van der Waals surface area contributed by atoms with Gasteiger partial charge >= 0.3 is 0 Å². The monoisotopic (exact) mass is 319 g/mol. The third-order valence-electron chi connectivity index (χ3n) is 3.35. The minimum Gasteiger partial charge on any atom is -0.345 e. The van der Waals surface area contributed by atoms with Crippen molar-refractivity contribution >= 4 is 18.1 Å². The molecule has 0 aliphatic carbocycles. The van der Waals surface area contributed by atoms with Crippen LogP contribution in [0.5, 0.6) is 0 Å². The molecule has 23 heavy (non-hydrogen) atoms. The van der Waals surface area contributed by atoms with Crippen molar-refractivity contribution in [3.05, 3.63) is 30.1 Å². The first-order valence-electron chi connectivity index (χ1n) is 7.82. The number of aldehydes is 1. The van der Waals surface area contributed by atoms with Crippen molar-refractivity contribution in [2.75, 3.05) is 0 Å². The van der Waals surface area contributed by atoms with E-state index in [1.54, 1.807) is 18.2 Å². The van der Waals surface area contributed by atoms with Crippen molar-refractivity contribution in [1.29, 1.82) is 0 Å². The minimum atomic E-state index is -0.723. The lowest BCUT2D eigenvalue weighted by Crippen LogP contribution is -2.52. The third kappa shape index (κ3) is 6.18. The molecule has 126 valence electrons. The molecule has 0 fully saturated rings. The Bertz CT molecular complexity index is 529. The Kier molecular flexibility index (Phi) is 7.38.